The van der Waals surface area contributed by atoms with Crippen molar-refractivity contribution >= 4 is 12.0 Å². The lowest BCUT2D eigenvalue weighted by Gasteiger charge is -2.35. The second-order valence-electron chi connectivity index (χ2n) is 5.51. The van der Waals surface area contributed by atoms with Crippen LogP contribution >= 0.6 is 0 Å². The fourth-order valence-corrected chi connectivity index (χ4v) is 1.79. The molecule has 0 aromatic heterocycles. The van der Waals surface area contributed by atoms with Gasteiger partial charge in [-0.25, -0.2) is 4.79 Å². The van der Waals surface area contributed by atoms with Gasteiger partial charge in [0.05, 0.1) is 6.07 Å². The molecule has 0 bridgehead atoms. The highest BCUT2D eigenvalue weighted by atomic mass is 16.6. The monoisotopic (exact) mass is 267 g/mol. The number of carbonyl (C=O) groups excluding carboxylic acids is 2. The summed E-state index contributed by atoms with van der Waals surface area (Å²) in [7, 11) is 0. The van der Waals surface area contributed by atoms with Crippen LogP contribution in [0.4, 0.5) is 4.79 Å². The lowest BCUT2D eigenvalue weighted by Crippen LogP contribution is -2.51. The number of hydrogen-bond donors (Lipinski definition) is 0. The normalized spacial score (nSPS) is 15.9. The average Bonchev–Trinajstić information content (AvgIpc) is 2.34. The Bertz CT molecular complexity index is 374. The lowest BCUT2D eigenvalue weighted by atomic mass is 10.2. The minimum Gasteiger partial charge on any atom is -0.444 e. The standard InChI is InChI=1S/C13H21N3O3/c1-13(2,3)19-12(18)16-9-7-15(8-10-16)11(17)5-4-6-14/h4-5,7-10H2,1-3H3. The molecule has 2 amide bonds. The lowest BCUT2D eigenvalue weighted by molar-refractivity contribution is -0.132. The first-order valence-corrected chi connectivity index (χ1v) is 6.46. The molecule has 0 saturated carbocycles. The first kappa shape index (κ1) is 15.3. The molecule has 0 spiro atoms. The maximum atomic E-state index is 11.8. The van der Waals surface area contributed by atoms with E-state index < -0.39 is 5.60 Å². The minimum atomic E-state index is -0.503. The fourth-order valence-electron chi connectivity index (χ4n) is 1.79. The second-order valence-corrected chi connectivity index (χ2v) is 5.51. The smallest absolute Gasteiger partial charge is 0.410 e. The van der Waals surface area contributed by atoms with Gasteiger partial charge in [0, 0.05) is 39.0 Å². The Morgan fingerprint density at radius 3 is 2.16 bits per heavy atom. The fraction of sp³-hybridized carbons (Fsp3) is 0.769. The summed E-state index contributed by atoms with van der Waals surface area (Å²) in [5.41, 5.74) is -0.503. The Kier molecular flexibility index (Phi) is 5.16. The van der Waals surface area contributed by atoms with E-state index in [0.29, 0.717) is 26.2 Å². The summed E-state index contributed by atoms with van der Waals surface area (Å²) in [5, 5.41) is 8.45. The molecule has 0 atom stereocenters. The molecule has 0 N–H and O–H groups in total. The van der Waals surface area contributed by atoms with E-state index in [1.807, 2.05) is 26.8 Å². The molecule has 6 nitrogen and oxygen atoms in total. The van der Waals surface area contributed by atoms with E-state index in [2.05, 4.69) is 0 Å². The number of carbonyl (C=O) groups is 2. The SMILES string of the molecule is CC(C)(C)OC(=O)N1CCN(C(=O)CCC#N)CC1. The molecule has 0 aliphatic carbocycles. The minimum absolute atomic E-state index is 0.0228. The maximum absolute atomic E-state index is 11.8. The Morgan fingerprint density at radius 1 is 1.16 bits per heavy atom. The van der Waals surface area contributed by atoms with Crippen molar-refractivity contribution in [2.24, 2.45) is 0 Å². The quantitative estimate of drug-likeness (QED) is 0.757. The molecule has 1 heterocycles. The van der Waals surface area contributed by atoms with Crippen molar-refractivity contribution < 1.29 is 14.3 Å². The molecule has 0 aromatic carbocycles. The van der Waals surface area contributed by atoms with Gasteiger partial charge in [0.2, 0.25) is 5.91 Å². The number of nitrogens with zero attached hydrogens (tertiary/aromatic N) is 3. The van der Waals surface area contributed by atoms with Gasteiger partial charge in [0.25, 0.3) is 0 Å². The first-order valence-electron chi connectivity index (χ1n) is 6.46. The third-order valence-electron chi connectivity index (χ3n) is 2.73. The first-order chi connectivity index (χ1) is 8.83. The molecule has 1 aliphatic heterocycles. The molecule has 1 saturated heterocycles. The van der Waals surface area contributed by atoms with Crippen LogP contribution in [-0.2, 0) is 9.53 Å². The van der Waals surface area contributed by atoms with Crippen LogP contribution in [0.25, 0.3) is 0 Å². The molecule has 6 heteroatoms. The predicted octanol–water partition coefficient (Wildman–Crippen LogP) is 1.37. The summed E-state index contributed by atoms with van der Waals surface area (Å²) >= 11 is 0. The number of nitriles is 1. The van der Waals surface area contributed by atoms with Crippen molar-refractivity contribution in [3.05, 3.63) is 0 Å². The van der Waals surface area contributed by atoms with E-state index >= 15 is 0 Å². The van der Waals surface area contributed by atoms with Crippen LogP contribution in [0.15, 0.2) is 0 Å². The number of hydrogen-bond acceptors (Lipinski definition) is 4. The Labute approximate surface area is 113 Å². The van der Waals surface area contributed by atoms with Crippen LogP contribution in [0.2, 0.25) is 0 Å². The third kappa shape index (κ3) is 5.16. The summed E-state index contributed by atoms with van der Waals surface area (Å²) in [5.74, 6) is -0.0228. The molecular formula is C13H21N3O3. The maximum Gasteiger partial charge on any atom is 0.410 e. The molecule has 0 radical (unpaired) electrons. The van der Waals surface area contributed by atoms with Crippen LogP contribution in [0.3, 0.4) is 0 Å². The molecule has 1 fully saturated rings. The number of piperazine rings is 1. The van der Waals surface area contributed by atoms with Crippen molar-refractivity contribution in [1.82, 2.24) is 9.80 Å². The van der Waals surface area contributed by atoms with Gasteiger partial charge in [-0.3, -0.25) is 4.79 Å². The van der Waals surface area contributed by atoms with Gasteiger partial charge in [0.15, 0.2) is 0 Å². The molecule has 19 heavy (non-hydrogen) atoms. The number of ether oxygens (including phenoxy) is 1. The van der Waals surface area contributed by atoms with Crippen LogP contribution in [0.1, 0.15) is 33.6 Å². The topological polar surface area (TPSA) is 73.6 Å². The summed E-state index contributed by atoms with van der Waals surface area (Å²) in [6.45, 7) is 7.44. The van der Waals surface area contributed by atoms with Crippen molar-refractivity contribution in [3.63, 3.8) is 0 Å². The summed E-state index contributed by atoms with van der Waals surface area (Å²) in [4.78, 5) is 26.8. The third-order valence-corrected chi connectivity index (χ3v) is 2.73. The van der Waals surface area contributed by atoms with Gasteiger partial charge < -0.3 is 14.5 Å². The van der Waals surface area contributed by atoms with E-state index in [4.69, 9.17) is 10.00 Å². The van der Waals surface area contributed by atoms with Gasteiger partial charge >= 0.3 is 6.09 Å². The van der Waals surface area contributed by atoms with E-state index in [1.54, 1.807) is 9.80 Å². The number of rotatable bonds is 2. The van der Waals surface area contributed by atoms with E-state index in [0.717, 1.165) is 0 Å². The van der Waals surface area contributed by atoms with Crippen LogP contribution in [0.5, 0.6) is 0 Å². The van der Waals surface area contributed by atoms with Gasteiger partial charge in [0.1, 0.15) is 5.60 Å². The largest absolute Gasteiger partial charge is 0.444 e. The van der Waals surface area contributed by atoms with Gasteiger partial charge in [-0.15, -0.1) is 0 Å². The summed E-state index contributed by atoms with van der Waals surface area (Å²) in [6, 6.07) is 1.96. The summed E-state index contributed by atoms with van der Waals surface area (Å²) in [6.07, 6.45) is 0.158. The molecule has 1 rings (SSSR count). The van der Waals surface area contributed by atoms with Crippen LogP contribution in [-0.4, -0.2) is 53.6 Å². The zero-order valence-corrected chi connectivity index (χ0v) is 11.8. The van der Waals surface area contributed by atoms with Crippen molar-refractivity contribution in [1.29, 1.82) is 5.26 Å². The molecule has 1 aliphatic rings. The number of amides is 2. The Balaban J connectivity index is 2.39. The molecule has 106 valence electrons. The zero-order chi connectivity index (χ0) is 14.5. The summed E-state index contributed by atoms with van der Waals surface area (Å²) < 4.78 is 5.28. The predicted molar refractivity (Wildman–Crippen MR) is 69.2 cm³/mol. The second kappa shape index (κ2) is 6.41. The highest BCUT2D eigenvalue weighted by molar-refractivity contribution is 5.77. The van der Waals surface area contributed by atoms with Crippen molar-refractivity contribution in [2.45, 2.75) is 39.2 Å². The van der Waals surface area contributed by atoms with Gasteiger partial charge in [-0.05, 0) is 20.8 Å². The van der Waals surface area contributed by atoms with Gasteiger partial charge in [-0.2, -0.15) is 5.26 Å². The van der Waals surface area contributed by atoms with Crippen molar-refractivity contribution in [3.8, 4) is 6.07 Å². The average molecular weight is 267 g/mol. The highest BCUT2D eigenvalue weighted by Crippen LogP contribution is 2.12. The van der Waals surface area contributed by atoms with Crippen molar-refractivity contribution in [2.75, 3.05) is 26.2 Å². The Hall–Kier alpha value is -1.77. The highest BCUT2D eigenvalue weighted by Gasteiger charge is 2.27. The van der Waals surface area contributed by atoms with Gasteiger partial charge in [-0.1, -0.05) is 0 Å². The van der Waals surface area contributed by atoms with E-state index in [9.17, 15) is 9.59 Å². The van der Waals surface area contributed by atoms with Crippen LogP contribution < -0.4 is 0 Å². The molecular weight excluding hydrogens is 246 g/mol. The molecule has 0 unspecified atom stereocenters. The van der Waals surface area contributed by atoms with E-state index in [-0.39, 0.29) is 24.8 Å². The molecule has 0 aromatic rings. The zero-order valence-electron chi connectivity index (χ0n) is 11.8. The Morgan fingerprint density at radius 2 is 1.68 bits per heavy atom. The van der Waals surface area contributed by atoms with Crippen LogP contribution in [0, 0.1) is 11.3 Å². The van der Waals surface area contributed by atoms with E-state index in [1.165, 1.54) is 0 Å².